The van der Waals surface area contributed by atoms with Gasteiger partial charge in [0, 0.05) is 35.4 Å². The molecule has 0 amide bonds. The van der Waals surface area contributed by atoms with E-state index >= 15 is 0 Å². The molecular formula is C16H24N2O2. The lowest BCUT2D eigenvalue weighted by atomic mass is 9.84. The predicted molar refractivity (Wildman–Crippen MR) is 80.1 cm³/mol. The van der Waals surface area contributed by atoms with E-state index in [1.807, 2.05) is 39.8 Å². The van der Waals surface area contributed by atoms with Crippen LogP contribution in [-0.2, 0) is 0 Å². The van der Waals surface area contributed by atoms with Gasteiger partial charge in [0.05, 0.1) is 0 Å². The fourth-order valence-electron chi connectivity index (χ4n) is 1.91. The number of carbonyl (C=O) groups is 2. The molecule has 4 nitrogen and oxygen atoms in total. The van der Waals surface area contributed by atoms with Gasteiger partial charge in [0.25, 0.3) is 0 Å². The van der Waals surface area contributed by atoms with E-state index in [1.165, 1.54) is 6.20 Å². The minimum Gasteiger partial charge on any atom is -0.309 e. The molecule has 0 saturated heterocycles. The number of Topliss-reactive ketones (excluding diaryl/α,β-unsaturated/α-hetero) is 2. The molecule has 0 saturated carbocycles. The van der Waals surface area contributed by atoms with Gasteiger partial charge in [-0.25, -0.2) is 0 Å². The van der Waals surface area contributed by atoms with Crippen LogP contribution in [0.4, 0.5) is 0 Å². The van der Waals surface area contributed by atoms with Crippen molar-refractivity contribution >= 4 is 11.6 Å². The molecule has 0 aromatic carbocycles. The van der Waals surface area contributed by atoms with Crippen molar-refractivity contribution in [3.63, 3.8) is 0 Å². The van der Waals surface area contributed by atoms with E-state index in [1.54, 1.807) is 12.3 Å². The number of hydrogen-bond acceptors (Lipinski definition) is 4. The maximum atomic E-state index is 12.4. The Bertz CT molecular complexity index is 487. The Hall–Kier alpha value is -1.55. The van der Waals surface area contributed by atoms with Crippen molar-refractivity contribution in [2.75, 3.05) is 20.6 Å². The number of pyridine rings is 1. The first-order valence-corrected chi connectivity index (χ1v) is 6.90. The Morgan fingerprint density at radius 3 is 2.40 bits per heavy atom. The first-order chi connectivity index (χ1) is 9.23. The predicted octanol–water partition coefficient (Wildman–Crippen LogP) is 2.83. The summed E-state index contributed by atoms with van der Waals surface area (Å²) >= 11 is 0. The van der Waals surface area contributed by atoms with E-state index in [2.05, 4.69) is 4.98 Å². The average molecular weight is 276 g/mol. The standard InChI is InChI=1S/C16H24N2O2/c1-16(2,3)15(20)12-8-9-17-11-13(12)14(19)7-6-10-18(4)5/h8-9,11H,6-7,10H2,1-5H3. The molecule has 1 heterocycles. The molecule has 0 unspecified atom stereocenters. The van der Waals surface area contributed by atoms with Crippen LogP contribution in [0, 0.1) is 5.41 Å². The molecule has 1 aromatic heterocycles. The zero-order valence-corrected chi connectivity index (χ0v) is 13.1. The van der Waals surface area contributed by atoms with Crippen LogP contribution in [0.5, 0.6) is 0 Å². The topological polar surface area (TPSA) is 50.3 Å². The van der Waals surface area contributed by atoms with E-state index in [9.17, 15) is 9.59 Å². The normalized spacial score (nSPS) is 11.7. The lowest BCUT2D eigenvalue weighted by molar-refractivity contribution is 0.0849. The first-order valence-electron chi connectivity index (χ1n) is 6.90. The minimum atomic E-state index is -0.500. The number of rotatable bonds is 6. The van der Waals surface area contributed by atoms with Crippen molar-refractivity contribution in [2.24, 2.45) is 5.41 Å². The maximum absolute atomic E-state index is 12.4. The summed E-state index contributed by atoms with van der Waals surface area (Å²) in [5, 5.41) is 0. The minimum absolute atomic E-state index is 0.00690. The Labute approximate surface area is 121 Å². The molecule has 0 aliphatic carbocycles. The van der Waals surface area contributed by atoms with Gasteiger partial charge in [-0.05, 0) is 33.1 Å². The summed E-state index contributed by atoms with van der Waals surface area (Å²) in [7, 11) is 3.95. The molecule has 0 aliphatic rings. The Morgan fingerprint density at radius 1 is 1.20 bits per heavy atom. The third-order valence-corrected chi connectivity index (χ3v) is 3.06. The fraction of sp³-hybridized carbons (Fsp3) is 0.562. The molecule has 0 radical (unpaired) electrons. The molecule has 0 bridgehead atoms. The van der Waals surface area contributed by atoms with Crippen molar-refractivity contribution < 1.29 is 9.59 Å². The molecule has 110 valence electrons. The van der Waals surface area contributed by atoms with E-state index in [0.29, 0.717) is 17.5 Å². The van der Waals surface area contributed by atoms with Crippen LogP contribution >= 0.6 is 0 Å². The van der Waals surface area contributed by atoms with Crippen molar-refractivity contribution in [2.45, 2.75) is 33.6 Å². The van der Waals surface area contributed by atoms with Gasteiger partial charge in [-0.15, -0.1) is 0 Å². The van der Waals surface area contributed by atoms with E-state index in [-0.39, 0.29) is 11.6 Å². The second-order valence-electron chi connectivity index (χ2n) is 6.33. The molecule has 0 N–H and O–H groups in total. The second kappa shape index (κ2) is 6.75. The van der Waals surface area contributed by atoms with Gasteiger partial charge in [0.1, 0.15) is 0 Å². The second-order valence-corrected chi connectivity index (χ2v) is 6.33. The third-order valence-electron chi connectivity index (χ3n) is 3.06. The van der Waals surface area contributed by atoms with Gasteiger partial charge >= 0.3 is 0 Å². The van der Waals surface area contributed by atoms with Crippen LogP contribution < -0.4 is 0 Å². The highest BCUT2D eigenvalue weighted by Gasteiger charge is 2.26. The van der Waals surface area contributed by atoms with Crippen molar-refractivity contribution in [3.8, 4) is 0 Å². The van der Waals surface area contributed by atoms with Crippen LogP contribution in [-0.4, -0.2) is 42.1 Å². The molecule has 4 heteroatoms. The van der Waals surface area contributed by atoms with E-state index in [0.717, 1.165) is 13.0 Å². The molecular weight excluding hydrogens is 252 g/mol. The summed E-state index contributed by atoms with van der Waals surface area (Å²) < 4.78 is 0. The van der Waals surface area contributed by atoms with Gasteiger partial charge in [-0.3, -0.25) is 14.6 Å². The maximum Gasteiger partial charge on any atom is 0.169 e. The number of ketones is 2. The van der Waals surface area contributed by atoms with Gasteiger partial charge in [0.2, 0.25) is 0 Å². The summed E-state index contributed by atoms with van der Waals surface area (Å²) in [6, 6.07) is 1.65. The van der Waals surface area contributed by atoms with Gasteiger partial charge in [-0.2, -0.15) is 0 Å². The summed E-state index contributed by atoms with van der Waals surface area (Å²) in [6.07, 6.45) is 4.30. The third kappa shape index (κ3) is 4.53. The summed E-state index contributed by atoms with van der Waals surface area (Å²) in [4.78, 5) is 30.7. The van der Waals surface area contributed by atoms with Gasteiger partial charge < -0.3 is 4.90 Å². The van der Waals surface area contributed by atoms with E-state index in [4.69, 9.17) is 0 Å². The smallest absolute Gasteiger partial charge is 0.169 e. The van der Waals surface area contributed by atoms with E-state index < -0.39 is 5.41 Å². The lowest BCUT2D eigenvalue weighted by Crippen LogP contribution is -2.23. The van der Waals surface area contributed by atoms with Crippen LogP contribution in [0.15, 0.2) is 18.5 Å². The highest BCUT2D eigenvalue weighted by Crippen LogP contribution is 2.23. The lowest BCUT2D eigenvalue weighted by Gasteiger charge is -2.18. The number of aromatic nitrogens is 1. The molecule has 1 rings (SSSR count). The van der Waals surface area contributed by atoms with Gasteiger partial charge in [-0.1, -0.05) is 20.8 Å². The average Bonchev–Trinajstić information content (AvgIpc) is 2.36. The van der Waals surface area contributed by atoms with Crippen molar-refractivity contribution in [1.29, 1.82) is 0 Å². The van der Waals surface area contributed by atoms with Gasteiger partial charge in [0.15, 0.2) is 11.6 Å². The Balaban J connectivity index is 2.90. The number of nitrogens with zero attached hydrogens (tertiary/aromatic N) is 2. The van der Waals surface area contributed by atoms with Crippen LogP contribution in [0.1, 0.15) is 54.3 Å². The molecule has 1 aromatic rings. The monoisotopic (exact) mass is 276 g/mol. The van der Waals surface area contributed by atoms with Crippen LogP contribution in [0.2, 0.25) is 0 Å². The Morgan fingerprint density at radius 2 is 1.85 bits per heavy atom. The molecule has 0 fully saturated rings. The van der Waals surface area contributed by atoms with Crippen LogP contribution in [0.3, 0.4) is 0 Å². The quantitative estimate of drug-likeness (QED) is 0.750. The zero-order chi connectivity index (χ0) is 15.3. The highest BCUT2D eigenvalue weighted by molar-refractivity contribution is 6.10. The SMILES string of the molecule is CN(C)CCCC(=O)c1cnccc1C(=O)C(C)(C)C. The fourth-order valence-corrected chi connectivity index (χ4v) is 1.91. The highest BCUT2D eigenvalue weighted by atomic mass is 16.1. The Kier molecular flexibility index (Phi) is 5.57. The van der Waals surface area contributed by atoms with Crippen molar-refractivity contribution in [3.05, 3.63) is 29.6 Å². The van der Waals surface area contributed by atoms with Crippen molar-refractivity contribution in [1.82, 2.24) is 9.88 Å². The molecule has 20 heavy (non-hydrogen) atoms. The van der Waals surface area contributed by atoms with Crippen LogP contribution in [0.25, 0.3) is 0 Å². The molecule has 0 aliphatic heterocycles. The summed E-state index contributed by atoms with van der Waals surface area (Å²) in [5.41, 5.74) is 0.438. The first kappa shape index (κ1) is 16.5. The summed E-state index contributed by atoms with van der Waals surface area (Å²) in [5.74, 6) is -0.0246. The number of carbonyl (C=O) groups excluding carboxylic acids is 2. The molecule has 0 spiro atoms. The summed E-state index contributed by atoms with van der Waals surface area (Å²) in [6.45, 7) is 6.43. The molecule has 0 atom stereocenters. The number of hydrogen-bond donors (Lipinski definition) is 0. The zero-order valence-electron chi connectivity index (χ0n) is 13.1. The largest absolute Gasteiger partial charge is 0.309 e.